The van der Waals surface area contributed by atoms with E-state index in [1.807, 2.05) is 0 Å². The molecule has 0 N–H and O–H groups in total. The van der Waals surface area contributed by atoms with Gasteiger partial charge in [-0.05, 0) is 29.5 Å². The minimum absolute atomic E-state index is 0.110. The topological polar surface area (TPSA) is 56.3 Å². The van der Waals surface area contributed by atoms with E-state index in [0.29, 0.717) is 0 Å². The van der Waals surface area contributed by atoms with E-state index in [-0.39, 0.29) is 9.26 Å². The molecule has 10 heteroatoms. The second-order valence-electron chi connectivity index (χ2n) is 2.85. The minimum atomic E-state index is -4.93. The van der Waals surface area contributed by atoms with Gasteiger partial charge in [0.1, 0.15) is 8.60 Å². The van der Waals surface area contributed by atoms with Crippen LogP contribution >= 0.6 is 33.3 Å². The van der Waals surface area contributed by atoms with Gasteiger partial charge in [0.2, 0.25) is 0 Å². The SMILES string of the molecule is Cc1c(S(=O)(=O)Cl)cnc(I)c1OC(F)(F)F. The molecule has 0 aliphatic carbocycles. The number of halogens is 5. The molecule has 1 aromatic heterocycles. The van der Waals surface area contributed by atoms with Gasteiger partial charge in [0.25, 0.3) is 9.05 Å². The summed E-state index contributed by atoms with van der Waals surface area (Å²) < 4.78 is 62.0. The van der Waals surface area contributed by atoms with Crippen molar-refractivity contribution in [2.45, 2.75) is 18.2 Å². The van der Waals surface area contributed by atoms with Gasteiger partial charge in [-0.15, -0.1) is 13.2 Å². The number of aromatic nitrogens is 1. The number of nitrogens with zero attached hydrogens (tertiary/aromatic N) is 1. The fourth-order valence-electron chi connectivity index (χ4n) is 1.02. The van der Waals surface area contributed by atoms with Gasteiger partial charge >= 0.3 is 6.36 Å². The van der Waals surface area contributed by atoms with E-state index in [1.54, 1.807) is 0 Å². The van der Waals surface area contributed by atoms with Crippen LogP contribution in [-0.4, -0.2) is 19.8 Å². The Morgan fingerprint density at radius 3 is 2.41 bits per heavy atom. The first kappa shape index (κ1) is 14.8. The fourth-order valence-corrected chi connectivity index (χ4v) is 2.78. The Kier molecular flexibility index (Phi) is 4.14. The zero-order valence-electron chi connectivity index (χ0n) is 8.05. The third-order valence-electron chi connectivity index (χ3n) is 1.67. The second kappa shape index (κ2) is 4.76. The summed E-state index contributed by atoms with van der Waals surface area (Å²) in [5.74, 6) is -0.667. The Hall–Kier alpha value is -0.290. The third-order valence-corrected chi connectivity index (χ3v) is 3.88. The Morgan fingerprint density at radius 2 is 2.00 bits per heavy atom. The first-order valence-corrected chi connectivity index (χ1v) is 7.26. The van der Waals surface area contributed by atoms with E-state index in [2.05, 4.69) is 9.72 Å². The van der Waals surface area contributed by atoms with Crippen LogP contribution in [0.3, 0.4) is 0 Å². The van der Waals surface area contributed by atoms with Gasteiger partial charge in [-0.25, -0.2) is 13.4 Å². The molecule has 0 unspecified atom stereocenters. The lowest BCUT2D eigenvalue weighted by atomic mass is 10.3. The summed E-state index contributed by atoms with van der Waals surface area (Å²) in [6.45, 7) is 1.15. The largest absolute Gasteiger partial charge is 0.573 e. The molecule has 0 bridgehead atoms. The molecule has 0 aromatic carbocycles. The van der Waals surface area contributed by atoms with E-state index in [9.17, 15) is 21.6 Å². The number of hydrogen-bond donors (Lipinski definition) is 0. The molecule has 0 saturated heterocycles. The quantitative estimate of drug-likeness (QED) is 0.434. The molecule has 0 atom stereocenters. The van der Waals surface area contributed by atoms with E-state index in [4.69, 9.17) is 10.7 Å². The van der Waals surface area contributed by atoms with Crippen LogP contribution in [0.5, 0.6) is 5.75 Å². The monoisotopic (exact) mass is 401 g/mol. The predicted octanol–water partition coefficient (Wildman–Crippen LogP) is 2.82. The molecule has 0 fully saturated rings. The standard InChI is InChI=1S/C7H4ClF3INO3S/c1-3-4(17(8,14)15)2-13-6(12)5(3)16-7(9,10)11/h2H,1H3. The van der Waals surface area contributed by atoms with Crippen molar-refractivity contribution in [3.63, 3.8) is 0 Å². The molecule has 4 nitrogen and oxygen atoms in total. The Bertz CT molecular complexity index is 546. The van der Waals surface area contributed by atoms with Crippen molar-refractivity contribution in [3.05, 3.63) is 15.5 Å². The van der Waals surface area contributed by atoms with Gasteiger partial charge in [0, 0.05) is 22.4 Å². The highest BCUT2D eigenvalue weighted by Gasteiger charge is 2.34. The van der Waals surface area contributed by atoms with Crippen LogP contribution in [0, 0.1) is 10.6 Å². The van der Waals surface area contributed by atoms with Gasteiger partial charge in [-0.3, -0.25) is 0 Å². The third kappa shape index (κ3) is 3.85. The molecule has 0 amide bonds. The molecular weight excluding hydrogens is 397 g/mol. The van der Waals surface area contributed by atoms with Gasteiger partial charge in [0.05, 0.1) is 0 Å². The van der Waals surface area contributed by atoms with Crippen LogP contribution in [0.15, 0.2) is 11.1 Å². The lowest BCUT2D eigenvalue weighted by Gasteiger charge is -2.13. The smallest absolute Gasteiger partial charge is 0.403 e. The van der Waals surface area contributed by atoms with Gasteiger partial charge in [-0.2, -0.15) is 0 Å². The summed E-state index contributed by atoms with van der Waals surface area (Å²) in [5, 5.41) is 0. The number of ether oxygens (including phenoxy) is 1. The minimum Gasteiger partial charge on any atom is -0.403 e. The highest BCUT2D eigenvalue weighted by atomic mass is 127. The first-order valence-electron chi connectivity index (χ1n) is 3.88. The highest BCUT2D eigenvalue weighted by molar-refractivity contribution is 14.1. The number of alkyl halides is 3. The molecule has 96 valence electrons. The highest BCUT2D eigenvalue weighted by Crippen LogP contribution is 2.33. The summed E-state index contributed by atoms with van der Waals surface area (Å²) >= 11 is 1.50. The molecule has 0 aliphatic rings. The maximum absolute atomic E-state index is 12.1. The van der Waals surface area contributed by atoms with E-state index in [1.165, 1.54) is 22.6 Å². The summed E-state index contributed by atoms with van der Waals surface area (Å²) in [6, 6.07) is 0. The number of rotatable bonds is 2. The fraction of sp³-hybridized carbons (Fsp3) is 0.286. The molecule has 0 spiro atoms. The average molecular weight is 402 g/mol. The first-order chi connectivity index (χ1) is 7.52. The Labute approximate surface area is 113 Å². The normalized spacial score (nSPS) is 12.6. The van der Waals surface area contributed by atoms with E-state index in [0.717, 1.165) is 13.1 Å². The maximum atomic E-state index is 12.1. The van der Waals surface area contributed by atoms with E-state index >= 15 is 0 Å². The van der Waals surface area contributed by atoms with Crippen molar-refractivity contribution in [2.75, 3.05) is 0 Å². The molecule has 1 aromatic rings. The van der Waals surface area contributed by atoms with Crippen molar-refractivity contribution in [2.24, 2.45) is 0 Å². The summed E-state index contributed by atoms with van der Waals surface area (Å²) in [4.78, 5) is 2.97. The van der Waals surface area contributed by atoms with Crippen LogP contribution in [0.1, 0.15) is 5.56 Å². The van der Waals surface area contributed by atoms with Crippen LogP contribution in [0.2, 0.25) is 0 Å². The average Bonchev–Trinajstić information content (AvgIpc) is 2.08. The molecule has 1 rings (SSSR count). The molecular formula is C7H4ClF3INO3S. The van der Waals surface area contributed by atoms with Crippen LogP contribution < -0.4 is 4.74 Å². The predicted molar refractivity (Wildman–Crippen MR) is 61.4 cm³/mol. The molecule has 17 heavy (non-hydrogen) atoms. The van der Waals surface area contributed by atoms with Crippen molar-refractivity contribution < 1.29 is 26.3 Å². The lowest BCUT2D eigenvalue weighted by Crippen LogP contribution is -2.19. The summed E-state index contributed by atoms with van der Waals surface area (Å²) in [7, 11) is 0.883. The van der Waals surface area contributed by atoms with Crippen LogP contribution in [0.4, 0.5) is 13.2 Å². The van der Waals surface area contributed by atoms with E-state index < -0.39 is 26.1 Å². The summed E-state index contributed by atoms with van der Waals surface area (Å²) in [6.07, 6.45) is -4.05. The van der Waals surface area contributed by atoms with Crippen molar-refractivity contribution in [1.82, 2.24) is 4.98 Å². The van der Waals surface area contributed by atoms with Crippen molar-refractivity contribution >= 4 is 42.3 Å². The van der Waals surface area contributed by atoms with Crippen molar-refractivity contribution in [3.8, 4) is 5.75 Å². The number of hydrogen-bond acceptors (Lipinski definition) is 4. The second-order valence-corrected chi connectivity index (χ2v) is 6.41. The molecule has 1 heterocycles. The molecule has 0 radical (unpaired) electrons. The van der Waals surface area contributed by atoms with Crippen molar-refractivity contribution in [1.29, 1.82) is 0 Å². The molecule has 0 aliphatic heterocycles. The number of pyridine rings is 1. The zero-order chi connectivity index (χ0) is 13.4. The summed E-state index contributed by atoms with van der Waals surface area (Å²) in [5.41, 5.74) is -0.239. The zero-order valence-corrected chi connectivity index (χ0v) is 11.8. The Balaban J connectivity index is 3.41. The van der Waals surface area contributed by atoms with Gasteiger partial charge < -0.3 is 4.74 Å². The van der Waals surface area contributed by atoms with Crippen LogP contribution in [0.25, 0.3) is 0 Å². The van der Waals surface area contributed by atoms with Gasteiger partial charge in [-0.1, -0.05) is 0 Å². The van der Waals surface area contributed by atoms with Gasteiger partial charge in [0.15, 0.2) is 5.75 Å². The lowest BCUT2D eigenvalue weighted by molar-refractivity contribution is -0.275. The Morgan fingerprint density at radius 1 is 1.47 bits per heavy atom. The maximum Gasteiger partial charge on any atom is 0.573 e. The molecule has 0 saturated carbocycles. The van der Waals surface area contributed by atoms with Crippen LogP contribution in [-0.2, 0) is 9.05 Å².